The third-order valence-electron chi connectivity index (χ3n) is 5.38. The molecule has 152 valence electrons. The number of nitrogens with zero attached hydrogens (tertiary/aromatic N) is 2. The molecule has 0 saturated carbocycles. The molecular weight excluding hydrogens is 388 g/mol. The lowest BCUT2D eigenvalue weighted by atomic mass is 10.0. The lowest BCUT2D eigenvalue weighted by Gasteiger charge is -2.21. The van der Waals surface area contributed by atoms with Gasteiger partial charge in [0.1, 0.15) is 0 Å². The van der Waals surface area contributed by atoms with Crippen LogP contribution in [0.3, 0.4) is 0 Å². The molecule has 0 bridgehead atoms. The summed E-state index contributed by atoms with van der Waals surface area (Å²) in [5.74, 6) is 0.0704. The second-order valence-corrected chi connectivity index (χ2v) is 9.01. The maximum atomic E-state index is 13.5. The number of hydrogen-bond acceptors (Lipinski definition) is 3. The summed E-state index contributed by atoms with van der Waals surface area (Å²) < 4.78 is 1.13. The summed E-state index contributed by atoms with van der Waals surface area (Å²) >= 11 is 1.59. The van der Waals surface area contributed by atoms with Crippen molar-refractivity contribution < 1.29 is 4.79 Å². The summed E-state index contributed by atoms with van der Waals surface area (Å²) in [6.45, 7) is 8.82. The molecule has 0 spiro atoms. The summed E-state index contributed by atoms with van der Waals surface area (Å²) in [5.41, 5.74) is 7.83. The third kappa shape index (κ3) is 4.29. The van der Waals surface area contributed by atoms with E-state index in [0.717, 1.165) is 37.6 Å². The average molecular weight is 415 g/mol. The first-order valence-corrected chi connectivity index (χ1v) is 11.0. The van der Waals surface area contributed by atoms with Crippen molar-refractivity contribution in [3.8, 4) is 0 Å². The van der Waals surface area contributed by atoms with Crippen molar-refractivity contribution in [2.75, 3.05) is 4.90 Å². The van der Waals surface area contributed by atoms with Crippen molar-refractivity contribution in [3.63, 3.8) is 0 Å². The van der Waals surface area contributed by atoms with Gasteiger partial charge in [-0.1, -0.05) is 71.5 Å². The predicted octanol–water partition coefficient (Wildman–Crippen LogP) is 6.31. The number of hydrogen-bond donors (Lipinski definition) is 0. The molecule has 1 aromatic heterocycles. The van der Waals surface area contributed by atoms with Crippen LogP contribution in [0, 0.1) is 27.7 Å². The summed E-state index contributed by atoms with van der Waals surface area (Å²) in [6.07, 6.45) is 0.369. The van der Waals surface area contributed by atoms with Crippen molar-refractivity contribution in [3.05, 3.63) is 94.0 Å². The zero-order valence-electron chi connectivity index (χ0n) is 17.9. The normalized spacial score (nSPS) is 11.1. The molecule has 1 amide bonds. The maximum absolute atomic E-state index is 13.5. The molecule has 4 aromatic rings. The lowest BCUT2D eigenvalue weighted by Crippen LogP contribution is -2.32. The fourth-order valence-electron chi connectivity index (χ4n) is 3.75. The van der Waals surface area contributed by atoms with Crippen LogP contribution in [0.2, 0.25) is 0 Å². The van der Waals surface area contributed by atoms with Crippen molar-refractivity contribution in [1.82, 2.24) is 4.98 Å². The van der Waals surface area contributed by atoms with E-state index >= 15 is 0 Å². The van der Waals surface area contributed by atoms with Gasteiger partial charge in [-0.05, 0) is 61.6 Å². The predicted molar refractivity (Wildman–Crippen MR) is 126 cm³/mol. The van der Waals surface area contributed by atoms with E-state index in [1.54, 1.807) is 11.3 Å². The van der Waals surface area contributed by atoms with E-state index in [0.29, 0.717) is 13.0 Å². The molecule has 0 unspecified atom stereocenters. The number of thiazole rings is 1. The lowest BCUT2D eigenvalue weighted by molar-refractivity contribution is -0.118. The second kappa shape index (κ2) is 8.41. The monoisotopic (exact) mass is 414 g/mol. The van der Waals surface area contributed by atoms with E-state index in [1.165, 1.54) is 11.1 Å². The highest BCUT2D eigenvalue weighted by atomic mass is 32.1. The number of fused-ring (bicyclic) bond motifs is 1. The number of carbonyl (C=O) groups is 1. The summed E-state index contributed by atoms with van der Waals surface area (Å²) in [5, 5.41) is 0.762. The highest BCUT2D eigenvalue weighted by Gasteiger charge is 2.22. The van der Waals surface area contributed by atoms with Gasteiger partial charge in [0, 0.05) is 0 Å². The minimum absolute atomic E-state index is 0.0704. The van der Waals surface area contributed by atoms with E-state index in [1.807, 2.05) is 23.1 Å². The molecule has 1 heterocycles. The van der Waals surface area contributed by atoms with Crippen LogP contribution in [0.1, 0.15) is 33.4 Å². The third-order valence-corrected chi connectivity index (χ3v) is 6.41. The molecule has 0 N–H and O–H groups in total. The molecule has 0 saturated heterocycles. The number of carbonyl (C=O) groups excluding carboxylic acids is 1. The Morgan fingerprint density at radius 3 is 2.43 bits per heavy atom. The quantitative estimate of drug-likeness (QED) is 0.384. The van der Waals surface area contributed by atoms with Crippen LogP contribution in [-0.2, 0) is 17.8 Å². The molecule has 0 atom stereocenters. The fourth-order valence-corrected chi connectivity index (χ4v) is 4.91. The van der Waals surface area contributed by atoms with Crippen LogP contribution < -0.4 is 4.90 Å². The Balaban J connectivity index is 1.73. The summed E-state index contributed by atoms with van der Waals surface area (Å²) in [4.78, 5) is 20.2. The van der Waals surface area contributed by atoms with Gasteiger partial charge in [-0.3, -0.25) is 9.69 Å². The van der Waals surface area contributed by atoms with Crippen molar-refractivity contribution in [2.45, 2.75) is 40.7 Å². The Kier molecular flexibility index (Phi) is 5.69. The summed E-state index contributed by atoms with van der Waals surface area (Å²) in [7, 11) is 0. The SMILES string of the molecule is Cc1ccc(C)c(CC(=O)N(Cc2ccccc2)c2nc3c(C)cc(C)cc3s2)c1. The molecule has 0 aliphatic carbocycles. The van der Waals surface area contributed by atoms with E-state index in [9.17, 15) is 4.79 Å². The van der Waals surface area contributed by atoms with Crippen LogP contribution in [-0.4, -0.2) is 10.9 Å². The minimum atomic E-state index is 0.0704. The highest BCUT2D eigenvalue weighted by Crippen LogP contribution is 2.33. The minimum Gasteiger partial charge on any atom is -0.283 e. The van der Waals surface area contributed by atoms with Crippen molar-refractivity contribution in [1.29, 1.82) is 0 Å². The summed E-state index contributed by atoms with van der Waals surface area (Å²) in [6, 6.07) is 20.7. The molecule has 30 heavy (non-hydrogen) atoms. The standard InChI is InChI=1S/C26H26N2OS/c1-17-10-11-19(3)22(13-17)15-24(29)28(16-21-8-6-5-7-9-21)26-27-25-20(4)12-18(2)14-23(25)30-26/h5-14H,15-16H2,1-4H3. The van der Waals surface area contributed by atoms with Crippen LogP contribution in [0.5, 0.6) is 0 Å². The number of anilines is 1. The first-order chi connectivity index (χ1) is 14.4. The van der Waals surface area contributed by atoms with Gasteiger partial charge < -0.3 is 0 Å². The van der Waals surface area contributed by atoms with E-state index in [-0.39, 0.29) is 5.91 Å². The Hall–Kier alpha value is -2.98. The number of rotatable bonds is 5. The van der Waals surface area contributed by atoms with E-state index in [2.05, 4.69) is 70.2 Å². The molecule has 3 nitrogen and oxygen atoms in total. The number of benzene rings is 3. The van der Waals surface area contributed by atoms with Gasteiger partial charge in [0.05, 0.1) is 23.2 Å². The van der Waals surface area contributed by atoms with Gasteiger partial charge in [-0.2, -0.15) is 0 Å². The van der Waals surface area contributed by atoms with Crippen LogP contribution in [0.15, 0.2) is 60.7 Å². The molecule has 0 fully saturated rings. The van der Waals surface area contributed by atoms with Gasteiger partial charge in [0.2, 0.25) is 5.91 Å². The molecule has 0 radical (unpaired) electrons. The van der Waals surface area contributed by atoms with Gasteiger partial charge in [0.25, 0.3) is 0 Å². The number of amides is 1. The van der Waals surface area contributed by atoms with Crippen LogP contribution in [0.4, 0.5) is 5.13 Å². The van der Waals surface area contributed by atoms with Gasteiger partial charge >= 0.3 is 0 Å². The van der Waals surface area contributed by atoms with Gasteiger partial charge in [-0.25, -0.2) is 4.98 Å². The molecule has 3 aromatic carbocycles. The van der Waals surface area contributed by atoms with Crippen LogP contribution >= 0.6 is 11.3 Å². The zero-order valence-corrected chi connectivity index (χ0v) is 18.7. The Morgan fingerprint density at radius 2 is 1.67 bits per heavy atom. The molecule has 4 heteroatoms. The molecule has 4 rings (SSSR count). The Labute approximate surface area is 182 Å². The molecular formula is C26H26N2OS. The van der Waals surface area contributed by atoms with Crippen molar-refractivity contribution in [2.24, 2.45) is 0 Å². The topological polar surface area (TPSA) is 33.2 Å². The number of aryl methyl sites for hydroxylation is 4. The zero-order chi connectivity index (χ0) is 21.3. The van der Waals surface area contributed by atoms with E-state index < -0.39 is 0 Å². The van der Waals surface area contributed by atoms with E-state index in [4.69, 9.17) is 4.98 Å². The first-order valence-electron chi connectivity index (χ1n) is 10.2. The van der Waals surface area contributed by atoms with Gasteiger partial charge in [-0.15, -0.1) is 0 Å². The van der Waals surface area contributed by atoms with Crippen molar-refractivity contribution >= 4 is 32.6 Å². The number of aromatic nitrogens is 1. The van der Waals surface area contributed by atoms with Crippen LogP contribution in [0.25, 0.3) is 10.2 Å². The molecule has 0 aliphatic rings. The Morgan fingerprint density at radius 1 is 0.900 bits per heavy atom. The average Bonchev–Trinajstić information content (AvgIpc) is 3.13. The largest absolute Gasteiger partial charge is 0.283 e. The van der Waals surface area contributed by atoms with Gasteiger partial charge in [0.15, 0.2) is 5.13 Å². The fraction of sp³-hybridized carbons (Fsp3) is 0.231. The smallest absolute Gasteiger partial charge is 0.233 e. The molecule has 0 aliphatic heterocycles. The first kappa shape index (κ1) is 20.3. The second-order valence-electron chi connectivity index (χ2n) is 8.00. The maximum Gasteiger partial charge on any atom is 0.233 e. The highest BCUT2D eigenvalue weighted by molar-refractivity contribution is 7.22. The Bertz CT molecular complexity index is 1210.